The van der Waals surface area contributed by atoms with Crippen LogP contribution in [0.15, 0.2) is 24.3 Å². The number of rotatable bonds is 2. The molecule has 2 N–H and O–H groups in total. The first-order chi connectivity index (χ1) is 7.87. The van der Waals surface area contributed by atoms with E-state index in [1.54, 1.807) is 0 Å². The summed E-state index contributed by atoms with van der Waals surface area (Å²) in [5, 5.41) is 0. The van der Waals surface area contributed by atoms with Gasteiger partial charge in [-0.1, -0.05) is 50.6 Å². The summed E-state index contributed by atoms with van der Waals surface area (Å²) in [4.78, 5) is 0. The van der Waals surface area contributed by atoms with Gasteiger partial charge in [0, 0.05) is 12.0 Å². The second-order valence-corrected chi connectivity index (χ2v) is 6.83. The Morgan fingerprint density at radius 3 is 2.41 bits per heavy atom. The predicted octanol–water partition coefficient (Wildman–Crippen LogP) is 3.65. The van der Waals surface area contributed by atoms with Crippen molar-refractivity contribution in [2.24, 2.45) is 17.1 Å². The molecule has 0 spiro atoms. The predicted molar refractivity (Wildman–Crippen MR) is 74.1 cm³/mol. The Labute approximate surface area is 105 Å². The topological polar surface area (TPSA) is 26.0 Å². The molecule has 0 amide bonds. The first-order valence-corrected chi connectivity index (χ1v) is 6.65. The minimum absolute atomic E-state index is 0.254. The van der Waals surface area contributed by atoms with Gasteiger partial charge in [-0.15, -0.1) is 0 Å². The molecule has 0 saturated heterocycles. The van der Waals surface area contributed by atoms with Gasteiger partial charge in [0.15, 0.2) is 0 Å². The van der Waals surface area contributed by atoms with Crippen LogP contribution in [0.2, 0.25) is 0 Å². The molecule has 0 radical (unpaired) electrons. The van der Waals surface area contributed by atoms with Crippen molar-refractivity contribution in [2.75, 3.05) is 6.54 Å². The molecule has 0 atom stereocenters. The SMILES string of the molecule is Cc1cccc(C2(CN)CC(C(C)(C)C)C2)c1. The molecule has 1 aliphatic rings. The Balaban J connectivity index is 2.20. The molecule has 1 saturated carbocycles. The van der Waals surface area contributed by atoms with E-state index in [1.165, 1.54) is 24.0 Å². The number of aryl methyl sites for hydroxylation is 1. The maximum Gasteiger partial charge on any atom is 0.00813 e. The van der Waals surface area contributed by atoms with E-state index in [0.717, 1.165) is 12.5 Å². The third-order valence-corrected chi connectivity index (χ3v) is 4.52. The molecule has 2 rings (SSSR count). The lowest BCUT2D eigenvalue weighted by Crippen LogP contribution is -2.50. The zero-order chi connectivity index (χ0) is 12.7. The van der Waals surface area contributed by atoms with Gasteiger partial charge in [-0.05, 0) is 36.7 Å². The van der Waals surface area contributed by atoms with Gasteiger partial charge in [0.1, 0.15) is 0 Å². The fourth-order valence-corrected chi connectivity index (χ4v) is 2.99. The maximum absolute atomic E-state index is 6.06. The normalized spacial score (nSPS) is 28.9. The van der Waals surface area contributed by atoms with E-state index in [9.17, 15) is 0 Å². The molecule has 17 heavy (non-hydrogen) atoms. The van der Waals surface area contributed by atoms with Crippen molar-refractivity contribution in [2.45, 2.75) is 46.0 Å². The summed E-state index contributed by atoms with van der Waals surface area (Å²) < 4.78 is 0. The molecule has 1 fully saturated rings. The summed E-state index contributed by atoms with van der Waals surface area (Å²) in [6.07, 6.45) is 2.49. The van der Waals surface area contributed by atoms with Gasteiger partial charge in [-0.25, -0.2) is 0 Å². The summed E-state index contributed by atoms with van der Waals surface area (Å²) in [6, 6.07) is 8.88. The quantitative estimate of drug-likeness (QED) is 0.826. The Morgan fingerprint density at radius 2 is 1.94 bits per heavy atom. The average Bonchev–Trinajstić information content (AvgIpc) is 2.15. The molecule has 1 nitrogen and oxygen atoms in total. The molecule has 1 aromatic rings. The van der Waals surface area contributed by atoms with Gasteiger partial charge in [-0.3, -0.25) is 0 Å². The summed E-state index contributed by atoms with van der Waals surface area (Å²) in [5.41, 5.74) is 9.52. The lowest BCUT2D eigenvalue weighted by Gasteiger charge is -2.53. The molecular weight excluding hydrogens is 206 g/mol. The molecule has 1 heteroatoms. The van der Waals surface area contributed by atoms with Gasteiger partial charge in [0.25, 0.3) is 0 Å². The largest absolute Gasteiger partial charge is 0.330 e. The van der Waals surface area contributed by atoms with Crippen LogP contribution in [0.3, 0.4) is 0 Å². The smallest absolute Gasteiger partial charge is 0.00813 e. The first-order valence-electron chi connectivity index (χ1n) is 6.65. The highest BCUT2D eigenvalue weighted by Gasteiger charge is 2.48. The van der Waals surface area contributed by atoms with Crippen LogP contribution in [0.5, 0.6) is 0 Å². The van der Waals surface area contributed by atoms with Crippen molar-refractivity contribution in [3.63, 3.8) is 0 Å². The van der Waals surface area contributed by atoms with Gasteiger partial charge >= 0.3 is 0 Å². The maximum atomic E-state index is 6.06. The molecule has 1 aromatic carbocycles. The van der Waals surface area contributed by atoms with Crippen molar-refractivity contribution in [1.29, 1.82) is 0 Å². The van der Waals surface area contributed by atoms with Crippen molar-refractivity contribution in [3.8, 4) is 0 Å². The summed E-state index contributed by atoms with van der Waals surface area (Å²) in [7, 11) is 0. The second-order valence-electron chi connectivity index (χ2n) is 6.83. The molecule has 0 aliphatic heterocycles. The van der Waals surface area contributed by atoms with Crippen LogP contribution in [0.4, 0.5) is 0 Å². The van der Waals surface area contributed by atoms with Gasteiger partial charge < -0.3 is 5.73 Å². The van der Waals surface area contributed by atoms with Crippen LogP contribution in [0, 0.1) is 18.3 Å². The molecule has 0 unspecified atom stereocenters. The first kappa shape index (κ1) is 12.6. The van der Waals surface area contributed by atoms with Crippen LogP contribution in [-0.4, -0.2) is 6.54 Å². The van der Waals surface area contributed by atoms with Gasteiger partial charge in [0.05, 0.1) is 0 Å². The molecule has 0 heterocycles. The third kappa shape index (κ3) is 2.26. The van der Waals surface area contributed by atoms with Crippen molar-refractivity contribution < 1.29 is 0 Å². The highest BCUT2D eigenvalue weighted by atomic mass is 14.7. The summed E-state index contributed by atoms with van der Waals surface area (Å²) in [6.45, 7) is 9.97. The van der Waals surface area contributed by atoms with E-state index in [0.29, 0.717) is 5.41 Å². The standard InChI is InChI=1S/C16H25N/c1-12-6-5-7-13(8-12)16(11-17)9-14(10-16)15(2,3)4/h5-8,14H,9-11,17H2,1-4H3. The van der Waals surface area contributed by atoms with E-state index in [1.807, 2.05) is 0 Å². The van der Waals surface area contributed by atoms with Crippen LogP contribution in [-0.2, 0) is 5.41 Å². The van der Waals surface area contributed by atoms with Crippen molar-refractivity contribution >= 4 is 0 Å². The minimum Gasteiger partial charge on any atom is -0.330 e. The Bertz CT molecular complexity index is 394. The van der Waals surface area contributed by atoms with Crippen LogP contribution in [0.1, 0.15) is 44.7 Å². The average molecular weight is 231 g/mol. The number of nitrogens with two attached hydrogens (primary N) is 1. The molecular formula is C16H25N. The summed E-state index contributed by atoms with van der Waals surface area (Å²) in [5.74, 6) is 0.812. The van der Waals surface area contributed by atoms with Crippen LogP contribution < -0.4 is 5.73 Å². The number of benzene rings is 1. The lowest BCUT2D eigenvalue weighted by molar-refractivity contribution is 0.0503. The Morgan fingerprint density at radius 1 is 1.29 bits per heavy atom. The number of hydrogen-bond acceptors (Lipinski definition) is 1. The van der Waals surface area contributed by atoms with Crippen molar-refractivity contribution in [3.05, 3.63) is 35.4 Å². The van der Waals surface area contributed by atoms with Crippen LogP contribution in [0.25, 0.3) is 0 Å². The Kier molecular flexibility index (Phi) is 3.07. The molecule has 94 valence electrons. The van der Waals surface area contributed by atoms with Gasteiger partial charge in [0.2, 0.25) is 0 Å². The zero-order valence-electron chi connectivity index (χ0n) is 11.6. The van der Waals surface area contributed by atoms with E-state index in [-0.39, 0.29) is 5.41 Å². The third-order valence-electron chi connectivity index (χ3n) is 4.52. The second kappa shape index (κ2) is 4.13. The highest BCUT2D eigenvalue weighted by molar-refractivity contribution is 5.33. The Hall–Kier alpha value is -0.820. The van der Waals surface area contributed by atoms with E-state index in [2.05, 4.69) is 52.0 Å². The highest BCUT2D eigenvalue weighted by Crippen LogP contribution is 2.53. The fourth-order valence-electron chi connectivity index (χ4n) is 2.99. The molecule has 0 aromatic heterocycles. The lowest BCUT2D eigenvalue weighted by atomic mass is 9.52. The van der Waals surface area contributed by atoms with E-state index in [4.69, 9.17) is 5.73 Å². The zero-order valence-corrected chi connectivity index (χ0v) is 11.6. The fraction of sp³-hybridized carbons (Fsp3) is 0.625. The summed E-state index contributed by atoms with van der Waals surface area (Å²) >= 11 is 0. The van der Waals surface area contributed by atoms with E-state index < -0.39 is 0 Å². The molecule has 0 bridgehead atoms. The minimum atomic E-state index is 0.254. The van der Waals surface area contributed by atoms with Crippen molar-refractivity contribution in [1.82, 2.24) is 0 Å². The molecule has 1 aliphatic carbocycles. The van der Waals surface area contributed by atoms with Gasteiger partial charge in [-0.2, -0.15) is 0 Å². The monoisotopic (exact) mass is 231 g/mol. The van der Waals surface area contributed by atoms with Crippen LogP contribution >= 0.6 is 0 Å². The van der Waals surface area contributed by atoms with E-state index >= 15 is 0 Å². The number of hydrogen-bond donors (Lipinski definition) is 1.